The van der Waals surface area contributed by atoms with Gasteiger partial charge in [-0.15, -0.1) is 0 Å². The van der Waals surface area contributed by atoms with Crippen LogP contribution in [0.15, 0.2) is 24.3 Å². The zero-order valence-electron chi connectivity index (χ0n) is 9.58. The average molecular weight is 258 g/mol. The van der Waals surface area contributed by atoms with Crippen LogP contribution in [-0.2, 0) is 16.6 Å². The minimum atomic E-state index is -3.41. The number of nitrogens with zero attached hydrogens (tertiary/aromatic N) is 1. The molecule has 6 nitrogen and oxygen atoms in total. The summed E-state index contributed by atoms with van der Waals surface area (Å²) in [5.74, 6) is 0. The van der Waals surface area contributed by atoms with Crippen molar-refractivity contribution in [2.75, 3.05) is 0 Å². The molecule has 0 radical (unpaired) electrons. The zero-order valence-corrected chi connectivity index (χ0v) is 10.4. The summed E-state index contributed by atoms with van der Waals surface area (Å²) < 4.78 is 25.3. The number of para-hydroxylation sites is 1. The van der Waals surface area contributed by atoms with Crippen molar-refractivity contribution >= 4 is 15.7 Å². The molecule has 1 N–H and O–H groups in total. The smallest absolute Gasteiger partial charge is 0.258 e. The first-order valence-electron chi connectivity index (χ1n) is 5.05. The Morgan fingerprint density at radius 1 is 1.35 bits per heavy atom. The summed E-state index contributed by atoms with van der Waals surface area (Å²) in [6.07, 6.45) is 0. The Morgan fingerprint density at radius 2 is 1.94 bits per heavy atom. The molecule has 0 heterocycles. The van der Waals surface area contributed by atoms with Gasteiger partial charge in [0.15, 0.2) is 0 Å². The van der Waals surface area contributed by atoms with Gasteiger partial charge in [0.25, 0.3) is 5.69 Å². The third kappa shape index (κ3) is 3.50. The Bertz CT molecular complexity index is 511. The zero-order chi connectivity index (χ0) is 13.1. The van der Waals surface area contributed by atoms with Gasteiger partial charge in [0.1, 0.15) is 0 Å². The summed E-state index contributed by atoms with van der Waals surface area (Å²) in [6.45, 7) is 3.02. The summed E-state index contributed by atoms with van der Waals surface area (Å²) in [5, 5.41) is 10.1. The fraction of sp³-hybridized carbons (Fsp3) is 0.400. The topological polar surface area (TPSA) is 89.3 Å². The van der Waals surface area contributed by atoms with Gasteiger partial charge in [0.2, 0.25) is 10.0 Å². The van der Waals surface area contributed by atoms with Crippen molar-refractivity contribution in [1.82, 2.24) is 4.72 Å². The lowest BCUT2D eigenvalue weighted by molar-refractivity contribution is -0.385. The number of hydrogen-bond donors (Lipinski definition) is 1. The molecule has 7 heteroatoms. The molecule has 0 fully saturated rings. The van der Waals surface area contributed by atoms with Crippen LogP contribution < -0.4 is 4.72 Å². The van der Waals surface area contributed by atoms with Crippen molar-refractivity contribution in [2.24, 2.45) is 0 Å². The second kappa shape index (κ2) is 5.24. The molecule has 1 aromatic carbocycles. The predicted octanol–water partition coefficient (Wildman–Crippen LogP) is 1.42. The first kappa shape index (κ1) is 13.6. The Kier molecular flexibility index (Phi) is 4.19. The number of benzene rings is 1. The van der Waals surface area contributed by atoms with Crippen molar-refractivity contribution in [3.63, 3.8) is 0 Å². The van der Waals surface area contributed by atoms with Gasteiger partial charge in [0, 0.05) is 18.2 Å². The van der Waals surface area contributed by atoms with E-state index in [0.717, 1.165) is 0 Å². The van der Waals surface area contributed by atoms with E-state index in [2.05, 4.69) is 4.72 Å². The van der Waals surface area contributed by atoms with E-state index < -0.39 is 20.2 Å². The minimum Gasteiger partial charge on any atom is -0.258 e. The van der Waals surface area contributed by atoms with E-state index in [-0.39, 0.29) is 12.2 Å². The molecule has 0 aliphatic carbocycles. The number of hydrogen-bond acceptors (Lipinski definition) is 4. The molecular weight excluding hydrogens is 244 g/mol. The van der Waals surface area contributed by atoms with Crippen molar-refractivity contribution in [1.29, 1.82) is 0 Å². The molecule has 1 rings (SSSR count). The van der Waals surface area contributed by atoms with E-state index in [9.17, 15) is 18.5 Å². The molecule has 94 valence electrons. The van der Waals surface area contributed by atoms with Gasteiger partial charge in [-0.25, -0.2) is 13.1 Å². The van der Waals surface area contributed by atoms with Crippen molar-refractivity contribution in [2.45, 2.75) is 25.6 Å². The van der Waals surface area contributed by atoms with Crippen molar-refractivity contribution in [3.05, 3.63) is 39.9 Å². The van der Waals surface area contributed by atoms with Crippen LogP contribution in [0.3, 0.4) is 0 Å². The monoisotopic (exact) mass is 258 g/mol. The standard InChI is InChI=1S/C10H14N2O4S/c1-8(2)17(15,16)11-7-9-5-3-4-6-10(9)12(13)14/h3-6,8,11H,7H2,1-2H3. The molecule has 1 aromatic rings. The quantitative estimate of drug-likeness (QED) is 0.639. The summed E-state index contributed by atoms with van der Waals surface area (Å²) in [6, 6.07) is 6.05. The third-order valence-electron chi connectivity index (χ3n) is 2.27. The molecule has 0 unspecified atom stereocenters. The molecule has 0 bridgehead atoms. The summed E-state index contributed by atoms with van der Waals surface area (Å²) in [7, 11) is -3.41. The van der Waals surface area contributed by atoms with Gasteiger partial charge in [-0.2, -0.15) is 0 Å². The summed E-state index contributed by atoms with van der Waals surface area (Å²) in [4.78, 5) is 10.2. The van der Waals surface area contributed by atoms with E-state index in [0.29, 0.717) is 5.56 Å². The van der Waals surface area contributed by atoms with Gasteiger partial charge in [-0.3, -0.25) is 10.1 Å². The first-order valence-corrected chi connectivity index (χ1v) is 6.60. The number of nitrogens with one attached hydrogen (secondary N) is 1. The molecule has 0 saturated carbocycles. The van der Waals surface area contributed by atoms with Crippen LogP contribution in [0.2, 0.25) is 0 Å². The van der Waals surface area contributed by atoms with Gasteiger partial charge < -0.3 is 0 Å². The molecule has 0 spiro atoms. The predicted molar refractivity (Wildman–Crippen MR) is 64.0 cm³/mol. The number of sulfonamides is 1. The van der Waals surface area contributed by atoms with Crippen LogP contribution in [0.4, 0.5) is 5.69 Å². The van der Waals surface area contributed by atoms with Crippen LogP contribution in [0, 0.1) is 10.1 Å². The normalized spacial score (nSPS) is 11.7. The minimum absolute atomic E-state index is 0.0718. The summed E-state index contributed by atoms with van der Waals surface area (Å²) >= 11 is 0. The van der Waals surface area contributed by atoms with Crippen LogP contribution in [0.1, 0.15) is 19.4 Å². The van der Waals surface area contributed by atoms with Crippen molar-refractivity contribution in [3.8, 4) is 0 Å². The van der Waals surface area contributed by atoms with Gasteiger partial charge in [0.05, 0.1) is 10.2 Å². The second-order valence-corrected chi connectivity index (χ2v) is 6.12. The maximum absolute atomic E-state index is 11.5. The number of rotatable bonds is 5. The molecule has 0 aliphatic heterocycles. The highest BCUT2D eigenvalue weighted by Crippen LogP contribution is 2.17. The van der Waals surface area contributed by atoms with Gasteiger partial charge in [-0.05, 0) is 13.8 Å². The van der Waals surface area contributed by atoms with Crippen LogP contribution in [0.25, 0.3) is 0 Å². The lowest BCUT2D eigenvalue weighted by Gasteiger charge is -2.09. The molecule has 0 amide bonds. The van der Waals surface area contributed by atoms with Crippen LogP contribution >= 0.6 is 0 Å². The highest BCUT2D eigenvalue weighted by molar-refractivity contribution is 7.90. The van der Waals surface area contributed by atoms with E-state index in [1.807, 2.05) is 0 Å². The Morgan fingerprint density at radius 3 is 2.47 bits per heavy atom. The maximum Gasteiger partial charge on any atom is 0.273 e. The van der Waals surface area contributed by atoms with E-state index >= 15 is 0 Å². The van der Waals surface area contributed by atoms with Gasteiger partial charge >= 0.3 is 0 Å². The van der Waals surface area contributed by atoms with Gasteiger partial charge in [-0.1, -0.05) is 18.2 Å². The SMILES string of the molecule is CC(C)S(=O)(=O)NCc1ccccc1[N+](=O)[O-]. The van der Waals surface area contributed by atoms with E-state index in [1.165, 1.54) is 12.1 Å². The largest absolute Gasteiger partial charge is 0.273 e. The highest BCUT2D eigenvalue weighted by Gasteiger charge is 2.18. The fourth-order valence-electron chi connectivity index (χ4n) is 1.18. The van der Waals surface area contributed by atoms with Crippen molar-refractivity contribution < 1.29 is 13.3 Å². The number of nitro benzene ring substituents is 1. The Balaban J connectivity index is 2.87. The second-order valence-electron chi connectivity index (χ2n) is 3.80. The average Bonchev–Trinajstić information content (AvgIpc) is 2.26. The Hall–Kier alpha value is -1.47. The Labute approximate surface area is 99.9 Å². The highest BCUT2D eigenvalue weighted by atomic mass is 32.2. The summed E-state index contributed by atoms with van der Waals surface area (Å²) in [5.41, 5.74) is 0.265. The van der Waals surface area contributed by atoms with E-state index in [1.54, 1.807) is 26.0 Å². The van der Waals surface area contributed by atoms with E-state index in [4.69, 9.17) is 0 Å². The molecule has 0 saturated heterocycles. The lowest BCUT2D eigenvalue weighted by Crippen LogP contribution is -2.30. The molecule has 17 heavy (non-hydrogen) atoms. The maximum atomic E-state index is 11.5. The molecule has 0 aliphatic rings. The number of nitro groups is 1. The van der Waals surface area contributed by atoms with Crippen LogP contribution in [0.5, 0.6) is 0 Å². The molecule has 0 atom stereocenters. The fourth-order valence-corrected chi connectivity index (χ4v) is 1.87. The third-order valence-corrected chi connectivity index (χ3v) is 4.06. The van der Waals surface area contributed by atoms with Crippen LogP contribution in [-0.4, -0.2) is 18.6 Å². The molecular formula is C10H14N2O4S. The first-order chi connectivity index (χ1) is 7.84. The molecule has 0 aromatic heterocycles. The lowest BCUT2D eigenvalue weighted by atomic mass is 10.2.